The number of hydrogen-bond acceptors (Lipinski definition) is 3. The lowest BCUT2D eigenvalue weighted by Crippen LogP contribution is -1.91. The molecule has 1 heterocycles. The van der Waals surface area contributed by atoms with Crippen molar-refractivity contribution in [3.8, 4) is 17.4 Å². The van der Waals surface area contributed by atoms with Crippen LogP contribution >= 0.6 is 23.2 Å². The van der Waals surface area contributed by atoms with Crippen LogP contribution < -0.4 is 4.74 Å². The lowest BCUT2D eigenvalue weighted by Gasteiger charge is -2.09. The Balaban J connectivity index is 2.35. The minimum Gasteiger partial charge on any atom is -0.508 e. The smallest absolute Gasteiger partial charge is 0.238 e. The van der Waals surface area contributed by atoms with Crippen molar-refractivity contribution in [3.63, 3.8) is 0 Å². The summed E-state index contributed by atoms with van der Waals surface area (Å²) in [6, 6.07) is 6.53. The van der Waals surface area contributed by atoms with Crippen LogP contribution in [0.2, 0.25) is 10.0 Å². The molecular formula is C12H9Cl2NO2. The number of phenolic OH excluding ortho intramolecular Hbond substituents is 1. The van der Waals surface area contributed by atoms with Gasteiger partial charge in [-0.3, -0.25) is 0 Å². The highest BCUT2D eigenvalue weighted by atomic mass is 35.5. The monoisotopic (exact) mass is 269 g/mol. The molecule has 1 aromatic carbocycles. The van der Waals surface area contributed by atoms with Crippen LogP contribution in [0.4, 0.5) is 0 Å². The number of benzene rings is 1. The molecule has 1 N–H and O–H groups in total. The molecule has 0 saturated heterocycles. The molecule has 0 amide bonds. The number of aromatic hydroxyl groups is 1. The first-order valence-corrected chi connectivity index (χ1v) is 5.61. The third-order valence-corrected chi connectivity index (χ3v) is 2.71. The minimum absolute atomic E-state index is 0.160. The average Bonchev–Trinajstić information content (AvgIpc) is 2.28. The van der Waals surface area contributed by atoms with Gasteiger partial charge in [-0.2, -0.15) is 0 Å². The maximum absolute atomic E-state index is 9.54. The summed E-state index contributed by atoms with van der Waals surface area (Å²) < 4.78 is 5.51. The Morgan fingerprint density at radius 2 is 2.06 bits per heavy atom. The molecule has 0 saturated carbocycles. The number of ether oxygens (including phenoxy) is 1. The van der Waals surface area contributed by atoms with Gasteiger partial charge in [-0.05, 0) is 25.1 Å². The predicted molar refractivity (Wildman–Crippen MR) is 67.2 cm³/mol. The van der Waals surface area contributed by atoms with Gasteiger partial charge in [0.15, 0.2) is 0 Å². The SMILES string of the molecule is Cc1c(O)cccc1Oc1ncc(Cl)cc1Cl. The third-order valence-electron chi connectivity index (χ3n) is 2.24. The van der Waals surface area contributed by atoms with Crippen molar-refractivity contribution in [3.05, 3.63) is 46.1 Å². The number of aromatic nitrogens is 1. The first-order chi connectivity index (χ1) is 8.08. The zero-order valence-corrected chi connectivity index (χ0v) is 10.5. The van der Waals surface area contributed by atoms with Crippen molar-refractivity contribution < 1.29 is 9.84 Å². The van der Waals surface area contributed by atoms with Crippen LogP contribution in [0.1, 0.15) is 5.56 Å². The van der Waals surface area contributed by atoms with Crippen LogP contribution in [-0.2, 0) is 0 Å². The van der Waals surface area contributed by atoms with Crippen molar-refractivity contribution in [1.29, 1.82) is 0 Å². The van der Waals surface area contributed by atoms with Crippen LogP contribution in [0.25, 0.3) is 0 Å². The summed E-state index contributed by atoms with van der Waals surface area (Å²) in [7, 11) is 0. The molecule has 0 bridgehead atoms. The van der Waals surface area contributed by atoms with E-state index < -0.39 is 0 Å². The van der Waals surface area contributed by atoms with E-state index in [2.05, 4.69) is 4.98 Å². The third kappa shape index (κ3) is 2.62. The van der Waals surface area contributed by atoms with E-state index in [0.717, 1.165) is 0 Å². The predicted octanol–water partition coefficient (Wildman–Crippen LogP) is 4.19. The summed E-state index contributed by atoms with van der Waals surface area (Å²) >= 11 is 11.7. The fraction of sp³-hybridized carbons (Fsp3) is 0.0833. The van der Waals surface area contributed by atoms with Gasteiger partial charge in [0.1, 0.15) is 16.5 Å². The van der Waals surface area contributed by atoms with E-state index in [1.165, 1.54) is 6.20 Å². The highest BCUT2D eigenvalue weighted by Crippen LogP contribution is 2.33. The maximum atomic E-state index is 9.54. The van der Waals surface area contributed by atoms with Crippen LogP contribution in [0, 0.1) is 6.92 Å². The molecule has 0 atom stereocenters. The highest BCUT2D eigenvalue weighted by Gasteiger charge is 2.09. The number of halogens is 2. The Hall–Kier alpha value is -1.45. The molecule has 2 aromatic rings. The zero-order valence-electron chi connectivity index (χ0n) is 8.95. The van der Waals surface area contributed by atoms with Crippen molar-refractivity contribution in [2.24, 2.45) is 0 Å². The summed E-state index contributed by atoms with van der Waals surface area (Å²) in [6.45, 7) is 1.74. The summed E-state index contributed by atoms with van der Waals surface area (Å²) in [5.41, 5.74) is 0.625. The number of nitrogens with zero attached hydrogens (tertiary/aromatic N) is 1. The lowest BCUT2D eigenvalue weighted by molar-refractivity contribution is 0.439. The molecule has 1 aromatic heterocycles. The second-order valence-electron chi connectivity index (χ2n) is 3.44. The molecule has 17 heavy (non-hydrogen) atoms. The van der Waals surface area contributed by atoms with Gasteiger partial charge in [0.25, 0.3) is 0 Å². The Morgan fingerprint density at radius 1 is 1.29 bits per heavy atom. The van der Waals surface area contributed by atoms with E-state index in [1.54, 1.807) is 31.2 Å². The van der Waals surface area contributed by atoms with Crippen LogP contribution in [0.3, 0.4) is 0 Å². The van der Waals surface area contributed by atoms with Crippen molar-refractivity contribution >= 4 is 23.2 Å². The zero-order chi connectivity index (χ0) is 12.4. The van der Waals surface area contributed by atoms with Crippen molar-refractivity contribution in [1.82, 2.24) is 4.98 Å². The van der Waals surface area contributed by atoms with Gasteiger partial charge < -0.3 is 9.84 Å². The van der Waals surface area contributed by atoms with E-state index in [0.29, 0.717) is 21.4 Å². The standard InChI is InChI=1S/C12H9Cl2NO2/c1-7-10(16)3-2-4-11(7)17-12-9(14)5-8(13)6-15-12/h2-6,16H,1H3. The molecule has 0 aliphatic heterocycles. The summed E-state index contributed by atoms with van der Waals surface area (Å²) in [5, 5.41) is 10.3. The van der Waals surface area contributed by atoms with Crippen molar-refractivity contribution in [2.75, 3.05) is 0 Å². The van der Waals surface area contributed by atoms with Gasteiger partial charge in [-0.25, -0.2) is 4.98 Å². The Kier molecular flexibility index (Phi) is 3.41. The molecule has 0 fully saturated rings. The molecule has 2 rings (SSSR count). The molecule has 5 heteroatoms. The largest absolute Gasteiger partial charge is 0.508 e. The summed E-state index contributed by atoms with van der Waals surface area (Å²) in [6.07, 6.45) is 1.45. The quantitative estimate of drug-likeness (QED) is 0.889. The molecule has 3 nitrogen and oxygen atoms in total. The fourth-order valence-electron chi connectivity index (χ4n) is 1.29. The highest BCUT2D eigenvalue weighted by molar-refractivity contribution is 6.35. The number of pyridine rings is 1. The number of rotatable bonds is 2. The fourth-order valence-corrected chi connectivity index (χ4v) is 1.71. The molecular weight excluding hydrogens is 261 g/mol. The van der Waals surface area contributed by atoms with E-state index in [4.69, 9.17) is 27.9 Å². The van der Waals surface area contributed by atoms with Gasteiger partial charge in [0, 0.05) is 11.8 Å². The number of hydrogen-bond donors (Lipinski definition) is 1. The van der Waals surface area contributed by atoms with Gasteiger partial charge >= 0.3 is 0 Å². The van der Waals surface area contributed by atoms with E-state index in [9.17, 15) is 5.11 Å². The van der Waals surface area contributed by atoms with E-state index in [-0.39, 0.29) is 11.6 Å². The Morgan fingerprint density at radius 3 is 2.76 bits per heavy atom. The first kappa shape index (κ1) is 12.0. The second-order valence-corrected chi connectivity index (χ2v) is 4.29. The van der Waals surface area contributed by atoms with E-state index >= 15 is 0 Å². The van der Waals surface area contributed by atoms with Gasteiger partial charge in [-0.1, -0.05) is 29.3 Å². The minimum atomic E-state index is 0.160. The van der Waals surface area contributed by atoms with E-state index in [1.807, 2.05) is 0 Å². The normalized spacial score (nSPS) is 10.3. The Labute approximate surface area is 109 Å². The second kappa shape index (κ2) is 4.82. The van der Waals surface area contributed by atoms with Gasteiger partial charge in [0.05, 0.1) is 5.02 Å². The average molecular weight is 270 g/mol. The lowest BCUT2D eigenvalue weighted by atomic mass is 10.2. The molecule has 0 spiro atoms. The van der Waals surface area contributed by atoms with Gasteiger partial charge in [0.2, 0.25) is 5.88 Å². The summed E-state index contributed by atoms with van der Waals surface area (Å²) in [5.74, 6) is 0.916. The topological polar surface area (TPSA) is 42.4 Å². The molecule has 0 aliphatic rings. The first-order valence-electron chi connectivity index (χ1n) is 4.85. The maximum Gasteiger partial charge on any atom is 0.238 e. The molecule has 0 radical (unpaired) electrons. The molecule has 0 aliphatic carbocycles. The number of phenols is 1. The van der Waals surface area contributed by atoms with Crippen LogP contribution in [-0.4, -0.2) is 10.1 Å². The molecule has 0 unspecified atom stereocenters. The molecule has 88 valence electrons. The van der Waals surface area contributed by atoms with Crippen LogP contribution in [0.5, 0.6) is 17.4 Å². The Bertz CT molecular complexity index is 558. The van der Waals surface area contributed by atoms with Crippen molar-refractivity contribution in [2.45, 2.75) is 6.92 Å². The van der Waals surface area contributed by atoms with Gasteiger partial charge in [-0.15, -0.1) is 0 Å². The van der Waals surface area contributed by atoms with Crippen LogP contribution in [0.15, 0.2) is 30.5 Å². The summed E-state index contributed by atoms with van der Waals surface area (Å²) in [4.78, 5) is 3.98.